The minimum atomic E-state index is -0.547. The molecule has 2 nitrogen and oxygen atoms in total. The fourth-order valence-corrected chi connectivity index (χ4v) is 3.49. The van der Waals surface area contributed by atoms with E-state index in [2.05, 4.69) is 0 Å². The van der Waals surface area contributed by atoms with E-state index >= 15 is 0 Å². The third kappa shape index (κ3) is 3.21. The van der Waals surface area contributed by atoms with E-state index in [4.69, 9.17) is 0 Å². The van der Waals surface area contributed by atoms with Crippen molar-refractivity contribution >= 4 is 0 Å². The van der Waals surface area contributed by atoms with Crippen LogP contribution in [-0.2, 0) is 0 Å². The molecule has 0 aromatic carbocycles. The zero-order valence-corrected chi connectivity index (χ0v) is 10.3. The van der Waals surface area contributed by atoms with E-state index in [0.29, 0.717) is 12.3 Å². The number of aliphatic hydroxyl groups is 2. The van der Waals surface area contributed by atoms with Gasteiger partial charge in [0.25, 0.3) is 0 Å². The van der Waals surface area contributed by atoms with Crippen LogP contribution in [0.4, 0.5) is 0 Å². The summed E-state index contributed by atoms with van der Waals surface area (Å²) in [5, 5.41) is 20.6. The normalized spacial score (nSPS) is 28.9. The van der Waals surface area contributed by atoms with Gasteiger partial charge in [-0.25, -0.2) is 0 Å². The Hall–Kier alpha value is -0.0800. The minimum Gasteiger partial charge on any atom is -0.393 e. The van der Waals surface area contributed by atoms with Crippen LogP contribution in [0.1, 0.15) is 70.6 Å². The Bertz CT molecular complexity index is 203. The summed E-state index contributed by atoms with van der Waals surface area (Å²) in [4.78, 5) is 0. The van der Waals surface area contributed by atoms with Gasteiger partial charge in [-0.2, -0.15) is 0 Å². The number of hydrogen-bond donors (Lipinski definition) is 2. The van der Waals surface area contributed by atoms with Crippen molar-refractivity contribution in [1.29, 1.82) is 0 Å². The van der Waals surface area contributed by atoms with E-state index in [-0.39, 0.29) is 6.10 Å². The second-order valence-corrected chi connectivity index (χ2v) is 5.95. The van der Waals surface area contributed by atoms with Crippen molar-refractivity contribution in [1.82, 2.24) is 0 Å². The lowest BCUT2D eigenvalue weighted by Crippen LogP contribution is -2.38. The molecule has 0 saturated heterocycles. The van der Waals surface area contributed by atoms with Gasteiger partial charge in [-0.3, -0.25) is 0 Å². The summed E-state index contributed by atoms with van der Waals surface area (Å²) in [5.74, 6) is 0.458. The lowest BCUT2D eigenvalue weighted by atomic mass is 9.76. The SMILES string of the molecule is OC(CC1(O)CCCCC1)C1CCCCC1. The summed E-state index contributed by atoms with van der Waals surface area (Å²) in [5.41, 5.74) is -0.547. The molecule has 2 heteroatoms. The lowest BCUT2D eigenvalue weighted by Gasteiger charge is -2.36. The van der Waals surface area contributed by atoms with Gasteiger partial charge >= 0.3 is 0 Å². The molecule has 0 aliphatic heterocycles. The van der Waals surface area contributed by atoms with Gasteiger partial charge in [-0.1, -0.05) is 38.5 Å². The Morgan fingerprint density at radius 3 is 2.12 bits per heavy atom. The molecular formula is C14H26O2. The molecule has 0 bridgehead atoms. The smallest absolute Gasteiger partial charge is 0.0672 e. The number of rotatable bonds is 3. The van der Waals surface area contributed by atoms with Crippen LogP contribution in [0.3, 0.4) is 0 Å². The molecule has 2 saturated carbocycles. The van der Waals surface area contributed by atoms with E-state index in [1.54, 1.807) is 0 Å². The van der Waals surface area contributed by atoms with Crippen LogP contribution in [0.25, 0.3) is 0 Å². The number of hydrogen-bond acceptors (Lipinski definition) is 2. The summed E-state index contributed by atoms with van der Waals surface area (Å²) < 4.78 is 0. The summed E-state index contributed by atoms with van der Waals surface area (Å²) in [6.07, 6.45) is 11.9. The van der Waals surface area contributed by atoms with Crippen LogP contribution in [0.2, 0.25) is 0 Å². The molecule has 0 heterocycles. The summed E-state index contributed by atoms with van der Waals surface area (Å²) in [6, 6.07) is 0. The van der Waals surface area contributed by atoms with Gasteiger partial charge < -0.3 is 10.2 Å². The Kier molecular flexibility index (Phi) is 4.26. The molecule has 0 spiro atoms. The van der Waals surface area contributed by atoms with Crippen LogP contribution in [-0.4, -0.2) is 21.9 Å². The first-order valence-electron chi connectivity index (χ1n) is 7.10. The van der Waals surface area contributed by atoms with Crippen LogP contribution in [0, 0.1) is 5.92 Å². The Labute approximate surface area is 99.1 Å². The summed E-state index contributed by atoms with van der Waals surface area (Å²) in [7, 11) is 0. The minimum absolute atomic E-state index is 0.261. The average molecular weight is 226 g/mol. The van der Waals surface area contributed by atoms with E-state index < -0.39 is 5.60 Å². The van der Waals surface area contributed by atoms with Crippen LogP contribution >= 0.6 is 0 Å². The Morgan fingerprint density at radius 2 is 1.50 bits per heavy atom. The van der Waals surface area contributed by atoms with Crippen LogP contribution in [0.5, 0.6) is 0 Å². The molecule has 1 unspecified atom stereocenters. The van der Waals surface area contributed by atoms with Gasteiger partial charge in [0, 0.05) is 6.42 Å². The largest absolute Gasteiger partial charge is 0.393 e. The summed E-state index contributed by atoms with van der Waals surface area (Å²) >= 11 is 0. The maximum atomic E-state index is 10.4. The average Bonchev–Trinajstić information content (AvgIpc) is 2.30. The highest BCUT2D eigenvalue weighted by Crippen LogP contribution is 2.36. The van der Waals surface area contributed by atoms with Gasteiger partial charge in [-0.15, -0.1) is 0 Å². The van der Waals surface area contributed by atoms with E-state index in [0.717, 1.165) is 38.5 Å². The molecule has 2 N–H and O–H groups in total. The maximum Gasteiger partial charge on any atom is 0.0672 e. The Balaban J connectivity index is 1.82. The molecule has 2 aliphatic carbocycles. The third-order valence-corrected chi connectivity index (χ3v) is 4.57. The predicted octanol–water partition coefficient (Wildman–Crippen LogP) is 3.01. The van der Waals surface area contributed by atoms with E-state index in [9.17, 15) is 10.2 Å². The predicted molar refractivity (Wildman–Crippen MR) is 65.2 cm³/mol. The molecule has 2 fully saturated rings. The van der Waals surface area contributed by atoms with Crippen LogP contribution in [0.15, 0.2) is 0 Å². The zero-order valence-electron chi connectivity index (χ0n) is 10.3. The second kappa shape index (κ2) is 5.50. The molecule has 94 valence electrons. The first kappa shape index (κ1) is 12.4. The molecule has 2 rings (SSSR count). The molecule has 0 radical (unpaired) electrons. The van der Waals surface area contributed by atoms with Gasteiger partial charge in [0.2, 0.25) is 0 Å². The molecular weight excluding hydrogens is 200 g/mol. The van der Waals surface area contributed by atoms with Crippen molar-refractivity contribution in [3.05, 3.63) is 0 Å². The van der Waals surface area contributed by atoms with Gasteiger partial charge in [0.15, 0.2) is 0 Å². The van der Waals surface area contributed by atoms with Crippen molar-refractivity contribution < 1.29 is 10.2 Å². The first-order valence-corrected chi connectivity index (χ1v) is 7.10. The first-order chi connectivity index (χ1) is 7.70. The van der Waals surface area contributed by atoms with Crippen molar-refractivity contribution in [3.8, 4) is 0 Å². The monoisotopic (exact) mass is 226 g/mol. The van der Waals surface area contributed by atoms with E-state index in [1.165, 1.54) is 25.7 Å². The zero-order chi connectivity index (χ0) is 11.4. The highest BCUT2D eigenvalue weighted by atomic mass is 16.3. The highest BCUT2D eigenvalue weighted by molar-refractivity contribution is 4.87. The van der Waals surface area contributed by atoms with Gasteiger partial charge in [0.1, 0.15) is 0 Å². The fourth-order valence-electron chi connectivity index (χ4n) is 3.49. The number of aliphatic hydroxyl groups excluding tert-OH is 1. The van der Waals surface area contributed by atoms with Crippen molar-refractivity contribution in [3.63, 3.8) is 0 Å². The van der Waals surface area contributed by atoms with Crippen molar-refractivity contribution in [2.75, 3.05) is 0 Å². The molecule has 0 aromatic rings. The third-order valence-electron chi connectivity index (χ3n) is 4.57. The topological polar surface area (TPSA) is 40.5 Å². The lowest BCUT2D eigenvalue weighted by molar-refractivity contribution is -0.0549. The maximum absolute atomic E-state index is 10.4. The molecule has 1 atom stereocenters. The second-order valence-electron chi connectivity index (χ2n) is 5.95. The summed E-state index contributed by atoms with van der Waals surface area (Å²) in [6.45, 7) is 0. The van der Waals surface area contributed by atoms with Gasteiger partial charge in [0.05, 0.1) is 11.7 Å². The molecule has 0 aromatic heterocycles. The van der Waals surface area contributed by atoms with Crippen molar-refractivity contribution in [2.24, 2.45) is 5.92 Å². The molecule has 2 aliphatic rings. The van der Waals surface area contributed by atoms with Gasteiger partial charge in [-0.05, 0) is 31.6 Å². The van der Waals surface area contributed by atoms with Crippen molar-refractivity contribution in [2.45, 2.75) is 82.3 Å². The Morgan fingerprint density at radius 1 is 0.938 bits per heavy atom. The fraction of sp³-hybridized carbons (Fsp3) is 1.00. The highest BCUT2D eigenvalue weighted by Gasteiger charge is 2.34. The quantitative estimate of drug-likeness (QED) is 0.776. The molecule has 16 heavy (non-hydrogen) atoms. The van der Waals surface area contributed by atoms with Crippen LogP contribution < -0.4 is 0 Å². The van der Waals surface area contributed by atoms with E-state index in [1.807, 2.05) is 0 Å². The molecule has 0 amide bonds. The standard InChI is InChI=1S/C14H26O2/c15-13(12-7-3-1-4-8-12)11-14(16)9-5-2-6-10-14/h12-13,15-16H,1-11H2.